The molecule has 2 aromatic rings. The average Bonchev–Trinajstić information content (AvgIpc) is 3.18. The van der Waals surface area contributed by atoms with Crippen LogP contribution in [0, 0.1) is 0 Å². The molecule has 1 fully saturated rings. The van der Waals surface area contributed by atoms with Crippen molar-refractivity contribution in [3.63, 3.8) is 0 Å². The highest BCUT2D eigenvalue weighted by Gasteiger charge is 2.36. The molecule has 0 saturated carbocycles. The molecule has 31 heavy (non-hydrogen) atoms. The second-order valence-corrected chi connectivity index (χ2v) is 8.49. The minimum Gasteiger partial charge on any atom is -0.354 e. The zero-order valence-corrected chi connectivity index (χ0v) is 18.3. The van der Waals surface area contributed by atoms with Crippen molar-refractivity contribution in [2.75, 3.05) is 44.2 Å². The molecule has 2 aliphatic rings. The Labute approximate surface area is 184 Å². The van der Waals surface area contributed by atoms with E-state index in [0.29, 0.717) is 13.0 Å². The summed E-state index contributed by atoms with van der Waals surface area (Å²) in [5.74, 6) is -0.141. The summed E-state index contributed by atoms with van der Waals surface area (Å²) < 4.78 is 0. The van der Waals surface area contributed by atoms with Gasteiger partial charge in [0, 0.05) is 58.3 Å². The van der Waals surface area contributed by atoms with Gasteiger partial charge < -0.3 is 10.2 Å². The SMILES string of the molecule is CC(=O)N1c2ccccc2CC1C(=O)NCCCN1CCN(Cc2ccccc2)CC1. The monoisotopic (exact) mass is 420 g/mol. The van der Waals surface area contributed by atoms with Gasteiger partial charge in [-0.15, -0.1) is 0 Å². The molecular formula is C25H32N4O2. The molecular weight excluding hydrogens is 388 g/mol. The van der Waals surface area contributed by atoms with E-state index in [1.54, 1.807) is 4.90 Å². The van der Waals surface area contributed by atoms with Gasteiger partial charge >= 0.3 is 0 Å². The third-order valence-corrected chi connectivity index (χ3v) is 6.28. The lowest BCUT2D eigenvalue weighted by Gasteiger charge is -2.34. The third-order valence-electron chi connectivity index (χ3n) is 6.28. The zero-order valence-electron chi connectivity index (χ0n) is 18.3. The van der Waals surface area contributed by atoms with E-state index in [0.717, 1.165) is 56.9 Å². The molecule has 0 radical (unpaired) electrons. The first-order valence-electron chi connectivity index (χ1n) is 11.3. The molecule has 1 saturated heterocycles. The Balaban J connectivity index is 1.17. The smallest absolute Gasteiger partial charge is 0.243 e. The maximum atomic E-state index is 12.8. The summed E-state index contributed by atoms with van der Waals surface area (Å²) in [6.07, 6.45) is 1.51. The number of fused-ring (bicyclic) bond motifs is 1. The highest BCUT2D eigenvalue weighted by Crippen LogP contribution is 2.32. The van der Waals surface area contributed by atoms with Gasteiger partial charge in [0.05, 0.1) is 0 Å². The molecule has 1 unspecified atom stereocenters. The number of amides is 2. The van der Waals surface area contributed by atoms with Gasteiger partial charge in [0.2, 0.25) is 11.8 Å². The van der Waals surface area contributed by atoms with E-state index in [9.17, 15) is 9.59 Å². The second-order valence-electron chi connectivity index (χ2n) is 8.49. The lowest BCUT2D eigenvalue weighted by atomic mass is 10.1. The van der Waals surface area contributed by atoms with Crippen molar-refractivity contribution >= 4 is 17.5 Å². The number of rotatable bonds is 7. The van der Waals surface area contributed by atoms with Crippen molar-refractivity contribution in [3.05, 3.63) is 65.7 Å². The van der Waals surface area contributed by atoms with E-state index < -0.39 is 6.04 Å². The van der Waals surface area contributed by atoms with Gasteiger partial charge in [-0.3, -0.25) is 19.4 Å². The molecule has 4 rings (SSSR count). The lowest BCUT2D eigenvalue weighted by molar-refractivity contribution is -0.125. The van der Waals surface area contributed by atoms with Gasteiger partial charge in [0.15, 0.2) is 0 Å². The molecule has 2 aromatic carbocycles. The molecule has 0 aromatic heterocycles. The fraction of sp³-hybridized carbons (Fsp3) is 0.440. The molecule has 6 heteroatoms. The van der Waals surface area contributed by atoms with Crippen molar-refractivity contribution in [3.8, 4) is 0 Å². The molecule has 6 nitrogen and oxygen atoms in total. The van der Waals surface area contributed by atoms with Crippen molar-refractivity contribution in [1.29, 1.82) is 0 Å². The largest absolute Gasteiger partial charge is 0.354 e. The predicted octanol–water partition coefficient (Wildman–Crippen LogP) is 2.29. The minimum atomic E-state index is -0.434. The Morgan fingerprint density at radius 1 is 0.935 bits per heavy atom. The number of carbonyl (C=O) groups excluding carboxylic acids is 2. The van der Waals surface area contributed by atoms with Crippen LogP contribution in [0.2, 0.25) is 0 Å². The molecule has 2 heterocycles. The minimum absolute atomic E-state index is 0.0564. The maximum absolute atomic E-state index is 12.8. The molecule has 0 aliphatic carbocycles. The summed E-state index contributed by atoms with van der Waals surface area (Å²) in [4.78, 5) is 31.5. The van der Waals surface area contributed by atoms with Crippen LogP contribution in [-0.2, 0) is 22.6 Å². The molecule has 0 bridgehead atoms. The first-order chi connectivity index (χ1) is 15.1. The maximum Gasteiger partial charge on any atom is 0.243 e. The van der Waals surface area contributed by atoms with Crippen LogP contribution in [0.25, 0.3) is 0 Å². The van der Waals surface area contributed by atoms with Gasteiger partial charge in [-0.25, -0.2) is 0 Å². The Morgan fingerprint density at radius 3 is 2.35 bits per heavy atom. The Kier molecular flexibility index (Phi) is 6.99. The fourth-order valence-corrected chi connectivity index (χ4v) is 4.63. The van der Waals surface area contributed by atoms with Crippen LogP contribution in [-0.4, -0.2) is 66.9 Å². The summed E-state index contributed by atoms with van der Waals surface area (Å²) in [5.41, 5.74) is 3.29. The number of para-hydroxylation sites is 1. The lowest BCUT2D eigenvalue weighted by Crippen LogP contribution is -2.48. The normalized spacial score (nSPS) is 19.3. The summed E-state index contributed by atoms with van der Waals surface area (Å²) in [5, 5.41) is 3.06. The van der Waals surface area contributed by atoms with Gasteiger partial charge in [0.25, 0.3) is 0 Å². The Hall–Kier alpha value is -2.70. The van der Waals surface area contributed by atoms with Crippen molar-refractivity contribution in [1.82, 2.24) is 15.1 Å². The van der Waals surface area contributed by atoms with Crippen molar-refractivity contribution < 1.29 is 9.59 Å². The summed E-state index contributed by atoms with van der Waals surface area (Å²) >= 11 is 0. The van der Waals surface area contributed by atoms with Crippen LogP contribution < -0.4 is 10.2 Å². The van der Waals surface area contributed by atoms with Gasteiger partial charge in [-0.05, 0) is 30.2 Å². The van der Waals surface area contributed by atoms with Gasteiger partial charge in [-0.1, -0.05) is 48.5 Å². The molecule has 1 atom stereocenters. The zero-order chi connectivity index (χ0) is 21.6. The van der Waals surface area contributed by atoms with Crippen LogP contribution in [0.4, 0.5) is 5.69 Å². The first kappa shape index (κ1) is 21.5. The third kappa shape index (κ3) is 5.32. The highest BCUT2D eigenvalue weighted by atomic mass is 16.2. The molecule has 2 amide bonds. The van der Waals surface area contributed by atoms with Crippen LogP contribution in [0.5, 0.6) is 0 Å². The highest BCUT2D eigenvalue weighted by molar-refractivity contribution is 6.02. The number of benzene rings is 2. The van der Waals surface area contributed by atoms with E-state index in [2.05, 4.69) is 45.4 Å². The fourth-order valence-electron chi connectivity index (χ4n) is 4.63. The average molecular weight is 421 g/mol. The molecule has 164 valence electrons. The number of nitrogens with one attached hydrogen (secondary N) is 1. The number of hydrogen-bond donors (Lipinski definition) is 1. The van der Waals surface area contributed by atoms with Crippen molar-refractivity contribution in [2.24, 2.45) is 0 Å². The predicted molar refractivity (Wildman–Crippen MR) is 123 cm³/mol. The van der Waals surface area contributed by atoms with E-state index in [1.807, 2.05) is 24.3 Å². The summed E-state index contributed by atoms with van der Waals surface area (Å²) in [7, 11) is 0. The summed E-state index contributed by atoms with van der Waals surface area (Å²) in [6, 6.07) is 18.0. The van der Waals surface area contributed by atoms with Crippen LogP contribution in [0.3, 0.4) is 0 Å². The Bertz CT molecular complexity index is 893. The van der Waals surface area contributed by atoms with Crippen LogP contribution in [0.1, 0.15) is 24.5 Å². The van der Waals surface area contributed by atoms with Gasteiger partial charge in [0.1, 0.15) is 6.04 Å². The molecule has 0 spiro atoms. The van der Waals surface area contributed by atoms with E-state index in [1.165, 1.54) is 12.5 Å². The number of nitrogens with zero attached hydrogens (tertiary/aromatic N) is 3. The number of anilines is 1. The number of carbonyl (C=O) groups is 2. The second kappa shape index (κ2) is 10.1. The van der Waals surface area contributed by atoms with Crippen molar-refractivity contribution in [2.45, 2.75) is 32.4 Å². The van der Waals surface area contributed by atoms with E-state index >= 15 is 0 Å². The van der Waals surface area contributed by atoms with E-state index in [4.69, 9.17) is 0 Å². The molecule has 1 N–H and O–H groups in total. The topological polar surface area (TPSA) is 55.9 Å². The van der Waals surface area contributed by atoms with Crippen LogP contribution in [0.15, 0.2) is 54.6 Å². The summed E-state index contributed by atoms with van der Waals surface area (Å²) in [6.45, 7) is 8.46. The number of hydrogen-bond acceptors (Lipinski definition) is 4. The Morgan fingerprint density at radius 2 is 1.61 bits per heavy atom. The number of piperazine rings is 1. The molecule has 2 aliphatic heterocycles. The van der Waals surface area contributed by atoms with Gasteiger partial charge in [-0.2, -0.15) is 0 Å². The quantitative estimate of drug-likeness (QED) is 0.699. The standard InChI is InChI=1S/C25H32N4O2/c1-20(30)29-23-11-6-5-10-22(23)18-24(29)25(31)26-12-7-13-27-14-16-28(17-15-27)19-21-8-3-2-4-9-21/h2-6,8-11,24H,7,12-19H2,1H3,(H,26,31). The van der Waals surface area contributed by atoms with Crippen LogP contribution >= 0.6 is 0 Å². The van der Waals surface area contributed by atoms with E-state index in [-0.39, 0.29) is 11.8 Å². The first-order valence-corrected chi connectivity index (χ1v) is 11.3.